The molecule has 0 spiro atoms. The average molecular weight is 277 g/mol. The van der Waals surface area contributed by atoms with E-state index in [1.807, 2.05) is 14.0 Å². The number of nitriles is 1. The summed E-state index contributed by atoms with van der Waals surface area (Å²) in [5.74, 6) is 0.340. The molecule has 0 unspecified atom stereocenters. The SMILES string of the molecule is CN(CC(=O)N[C@](C)(C#N)C1CC1)C1CCCCCC1. The predicted octanol–water partition coefficient (Wildman–Crippen LogP) is 2.45. The quantitative estimate of drug-likeness (QED) is 0.785. The van der Waals surface area contributed by atoms with Crippen LogP contribution in [0.5, 0.6) is 0 Å². The van der Waals surface area contributed by atoms with Crippen molar-refractivity contribution < 1.29 is 4.79 Å². The summed E-state index contributed by atoms with van der Waals surface area (Å²) < 4.78 is 0. The minimum atomic E-state index is -0.665. The second kappa shape index (κ2) is 6.58. The number of likely N-dealkylation sites (N-methyl/N-ethyl adjacent to an activating group) is 1. The van der Waals surface area contributed by atoms with Crippen molar-refractivity contribution in [1.82, 2.24) is 10.2 Å². The first-order valence-corrected chi connectivity index (χ1v) is 7.97. The summed E-state index contributed by atoms with van der Waals surface area (Å²) >= 11 is 0. The van der Waals surface area contributed by atoms with Crippen molar-refractivity contribution in [2.45, 2.75) is 69.9 Å². The molecule has 2 saturated carbocycles. The molecule has 2 fully saturated rings. The highest BCUT2D eigenvalue weighted by molar-refractivity contribution is 5.79. The highest BCUT2D eigenvalue weighted by Gasteiger charge is 2.43. The first-order chi connectivity index (χ1) is 9.55. The van der Waals surface area contributed by atoms with Crippen LogP contribution in [0.2, 0.25) is 0 Å². The number of carbonyl (C=O) groups excluding carboxylic acids is 1. The molecule has 20 heavy (non-hydrogen) atoms. The number of hydrogen-bond acceptors (Lipinski definition) is 3. The molecule has 0 radical (unpaired) electrons. The molecule has 0 saturated heterocycles. The summed E-state index contributed by atoms with van der Waals surface area (Å²) in [6.45, 7) is 2.27. The van der Waals surface area contributed by atoms with E-state index in [4.69, 9.17) is 0 Å². The average Bonchev–Trinajstić information content (AvgIpc) is 3.24. The molecular formula is C16H27N3O. The lowest BCUT2D eigenvalue weighted by molar-refractivity contribution is -0.123. The maximum Gasteiger partial charge on any atom is 0.235 e. The van der Waals surface area contributed by atoms with Crippen LogP contribution in [-0.2, 0) is 4.79 Å². The predicted molar refractivity (Wildman–Crippen MR) is 79.0 cm³/mol. The van der Waals surface area contributed by atoms with Crippen LogP contribution in [0.3, 0.4) is 0 Å². The van der Waals surface area contributed by atoms with Crippen LogP contribution in [0.25, 0.3) is 0 Å². The molecular weight excluding hydrogens is 250 g/mol. The van der Waals surface area contributed by atoms with Gasteiger partial charge in [0.2, 0.25) is 5.91 Å². The third-order valence-corrected chi connectivity index (χ3v) is 4.87. The van der Waals surface area contributed by atoms with Gasteiger partial charge in [0.15, 0.2) is 0 Å². The molecule has 1 N–H and O–H groups in total. The Hall–Kier alpha value is -1.08. The summed E-state index contributed by atoms with van der Waals surface area (Å²) in [7, 11) is 2.04. The Morgan fingerprint density at radius 2 is 1.85 bits per heavy atom. The lowest BCUT2D eigenvalue weighted by atomic mass is 9.98. The van der Waals surface area contributed by atoms with Gasteiger partial charge in [0.1, 0.15) is 5.54 Å². The van der Waals surface area contributed by atoms with Crippen molar-refractivity contribution in [2.75, 3.05) is 13.6 Å². The van der Waals surface area contributed by atoms with Crippen LogP contribution in [0.1, 0.15) is 58.3 Å². The maximum atomic E-state index is 12.2. The molecule has 0 aliphatic heterocycles. The van der Waals surface area contributed by atoms with Gasteiger partial charge in [0, 0.05) is 6.04 Å². The molecule has 1 amide bonds. The van der Waals surface area contributed by atoms with Gasteiger partial charge in [-0.1, -0.05) is 25.7 Å². The third-order valence-electron chi connectivity index (χ3n) is 4.87. The lowest BCUT2D eigenvalue weighted by Gasteiger charge is -2.29. The molecule has 2 aliphatic carbocycles. The normalized spacial score (nSPS) is 23.7. The van der Waals surface area contributed by atoms with Gasteiger partial charge in [-0.15, -0.1) is 0 Å². The van der Waals surface area contributed by atoms with E-state index in [2.05, 4.69) is 16.3 Å². The standard InChI is InChI=1S/C16H27N3O/c1-16(12-17,13-9-10-13)18-15(20)11-19(2)14-7-5-3-4-6-8-14/h13-14H,3-11H2,1-2H3,(H,18,20)/t16-/m1/s1. The van der Waals surface area contributed by atoms with Crippen LogP contribution in [0, 0.1) is 17.2 Å². The topological polar surface area (TPSA) is 56.1 Å². The second-order valence-electron chi connectivity index (χ2n) is 6.70. The molecule has 0 aromatic rings. The summed E-state index contributed by atoms with van der Waals surface area (Å²) in [5, 5.41) is 12.2. The molecule has 112 valence electrons. The third kappa shape index (κ3) is 3.96. The fourth-order valence-corrected chi connectivity index (χ4v) is 3.27. The van der Waals surface area contributed by atoms with Gasteiger partial charge >= 0.3 is 0 Å². The zero-order valence-electron chi connectivity index (χ0n) is 12.8. The van der Waals surface area contributed by atoms with E-state index in [0.29, 0.717) is 18.5 Å². The lowest BCUT2D eigenvalue weighted by Crippen LogP contribution is -2.50. The number of hydrogen-bond donors (Lipinski definition) is 1. The van der Waals surface area contributed by atoms with E-state index in [9.17, 15) is 10.1 Å². The van der Waals surface area contributed by atoms with Gasteiger partial charge in [-0.05, 0) is 45.6 Å². The number of amides is 1. The van der Waals surface area contributed by atoms with Gasteiger partial charge < -0.3 is 5.32 Å². The van der Waals surface area contributed by atoms with Crippen molar-refractivity contribution in [2.24, 2.45) is 5.92 Å². The van der Waals surface area contributed by atoms with Crippen LogP contribution < -0.4 is 5.32 Å². The number of rotatable bonds is 5. The summed E-state index contributed by atoms with van der Waals surface area (Å²) in [6, 6.07) is 2.81. The minimum Gasteiger partial charge on any atom is -0.337 e. The zero-order valence-corrected chi connectivity index (χ0v) is 12.8. The van der Waals surface area contributed by atoms with E-state index >= 15 is 0 Å². The Morgan fingerprint density at radius 1 is 1.25 bits per heavy atom. The molecule has 0 aromatic heterocycles. The van der Waals surface area contributed by atoms with Crippen molar-refractivity contribution in [1.29, 1.82) is 5.26 Å². The monoisotopic (exact) mass is 277 g/mol. The maximum absolute atomic E-state index is 12.2. The summed E-state index contributed by atoms with van der Waals surface area (Å²) in [6.07, 6.45) is 9.70. The highest BCUT2D eigenvalue weighted by atomic mass is 16.2. The Bertz CT molecular complexity index is 378. The first kappa shape index (κ1) is 15.3. The van der Waals surface area contributed by atoms with Gasteiger partial charge in [0.25, 0.3) is 0 Å². The van der Waals surface area contributed by atoms with E-state index in [1.54, 1.807) is 0 Å². The Morgan fingerprint density at radius 3 is 2.35 bits per heavy atom. The molecule has 1 atom stereocenters. The van der Waals surface area contributed by atoms with Gasteiger partial charge in [0.05, 0.1) is 12.6 Å². The van der Waals surface area contributed by atoms with Crippen molar-refractivity contribution in [3.05, 3.63) is 0 Å². The second-order valence-corrected chi connectivity index (χ2v) is 6.70. The Kier molecular flexibility index (Phi) is 5.04. The number of nitrogens with zero attached hydrogens (tertiary/aromatic N) is 2. The van der Waals surface area contributed by atoms with Gasteiger partial charge in [-0.25, -0.2) is 0 Å². The van der Waals surface area contributed by atoms with Crippen LogP contribution in [0.4, 0.5) is 0 Å². The molecule has 4 nitrogen and oxygen atoms in total. The fraction of sp³-hybridized carbons (Fsp3) is 0.875. The Labute approximate surface area is 122 Å². The van der Waals surface area contributed by atoms with Crippen molar-refractivity contribution in [3.8, 4) is 6.07 Å². The largest absolute Gasteiger partial charge is 0.337 e. The van der Waals surface area contributed by atoms with E-state index < -0.39 is 5.54 Å². The molecule has 0 bridgehead atoms. The van der Waals surface area contributed by atoms with E-state index in [0.717, 1.165) is 12.8 Å². The first-order valence-electron chi connectivity index (χ1n) is 7.97. The van der Waals surface area contributed by atoms with Crippen LogP contribution in [-0.4, -0.2) is 36.0 Å². The van der Waals surface area contributed by atoms with E-state index in [-0.39, 0.29) is 5.91 Å². The Balaban J connectivity index is 1.82. The van der Waals surface area contributed by atoms with Crippen LogP contribution in [0.15, 0.2) is 0 Å². The number of carbonyl (C=O) groups is 1. The van der Waals surface area contributed by atoms with Crippen molar-refractivity contribution in [3.63, 3.8) is 0 Å². The molecule has 2 rings (SSSR count). The highest BCUT2D eigenvalue weighted by Crippen LogP contribution is 2.39. The molecule has 4 heteroatoms. The fourth-order valence-electron chi connectivity index (χ4n) is 3.27. The van der Waals surface area contributed by atoms with Gasteiger partial charge in [-0.2, -0.15) is 5.26 Å². The number of nitrogens with one attached hydrogen (secondary N) is 1. The smallest absolute Gasteiger partial charge is 0.235 e. The van der Waals surface area contributed by atoms with Crippen molar-refractivity contribution >= 4 is 5.91 Å². The summed E-state index contributed by atoms with van der Waals surface area (Å²) in [4.78, 5) is 14.4. The molecule has 0 heterocycles. The zero-order chi connectivity index (χ0) is 14.6. The van der Waals surface area contributed by atoms with E-state index in [1.165, 1.54) is 38.5 Å². The minimum absolute atomic E-state index is 0.00676. The van der Waals surface area contributed by atoms with Crippen LogP contribution >= 0.6 is 0 Å². The van der Waals surface area contributed by atoms with Gasteiger partial charge in [-0.3, -0.25) is 9.69 Å². The molecule has 0 aromatic carbocycles. The molecule has 2 aliphatic rings. The summed E-state index contributed by atoms with van der Waals surface area (Å²) in [5.41, 5.74) is -0.665.